The molecule has 0 aromatic carbocycles. The Hall–Kier alpha value is -1.59. The lowest BCUT2D eigenvalue weighted by Gasteiger charge is -2.13. The van der Waals surface area contributed by atoms with E-state index in [1.807, 2.05) is 12.3 Å². The third kappa shape index (κ3) is 3.95. The Bertz CT molecular complexity index is 586. The molecular formula is C14H16ClN3OS. The minimum Gasteiger partial charge on any atom is -0.373 e. The van der Waals surface area contributed by atoms with Crippen LogP contribution in [0.15, 0.2) is 29.0 Å². The summed E-state index contributed by atoms with van der Waals surface area (Å²) < 4.78 is 0. The van der Waals surface area contributed by atoms with Crippen LogP contribution in [0.3, 0.4) is 0 Å². The number of nitrogens with one attached hydrogen (secondary N) is 2. The van der Waals surface area contributed by atoms with Gasteiger partial charge in [0.2, 0.25) is 0 Å². The number of pyridine rings is 1. The summed E-state index contributed by atoms with van der Waals surface area (Å²) in [5, 5.41) is 10.3. The van der Waals surface area contributed by atoms with E-state index in [-0.39, 0.29) is 11.9 Å². The van der Waals surface area contributed by atoms with Crippen LogP contribution in [0.4, 0.5) is 5.82 Å². The minimum absolute atomic E-state index is 0.0575. The van der Waals surface area contributed by atoms with E-state index in [0.29, 0.717) is 16.5 Å². The highest BCUT2D eigenvalue weighted by Crippen LogP contribution is 2.15. The number of amides is 1. The van der Waals surface area contributed by atoms with Crippen LogP contribution < -0.4 is 10.6 Å². The van der Waals surface area contributed by atoms with Gasteiger partial charge >= 0.3 is 0 Å². The first-order valence-corrected chi connectivity index (χ1v) is 7.58. The first-order chi connectivity index (χ1) is 9.58. The lowest BCUT2D eigenvalue weighted by atomic mass is 10.1. The van der Waals surface area contributed by atoms with Crippen molar-refractivity contribution in [2.75, 3.05) is 12.4 Å². The van der Waals surface area contributed by atoms with E-state index in [9.17, 15) is 4.79 Å². The zero-order valence-corrected chi connectivity index (χ0v) is 12.9. The number of nitrogens with zero attached hydrogens (tertiary/aromatic N) is 1. The lowest BCUT2D eigenvalue weighted by Crippen LogP contribution is -2.34. The Morgan fingerprint density at radius 3 is 2.95 bits per heavy atom. The normalized spacial score (nSPS) is 11.9. The largest absolute Gasteiger partial charge is 0.373 e. The summed E-state index contributed by atoms with van der Waals surface area (Å²) in [7, 11) is 1.74. The van der Waals surface area contributed by atoms with Crippen LogP contribution in [0, 0.1) is 0 Å². The number of hydrogen-bond donors (Lipinski definition) is 2. The van der Waals surface area contributed by atoms with E-state index in [0.717, 1.165) is 6.42 Å². The van der Waals surface area contributed by atoms with Crippen LogP contribution in [0.1, 0.15) is 22.8 Å². The second-order valence-electron chi connectivity index (χ2n) is 4.52. The van der Waals surface area contributed by atoms with Gasteiger partial charge in [0.15, 0.2) is 0 Å². The van der Waals surface area contributed by atoms with Gasteiger partial charge in [-0.3, -0.25) is 4.79 Å². The van der Waals surface area contributed by atoms with Crippen LogP contribution in [0.25, 0.3) is 0 Å². The van der Waals surface area contributed by atoms with E-state index in [2.05, 4.69) is 27.1 Å². The highest BCUT2D eigenvalue weighted by atomic mass is 35.5. The summed E-state index contributed by atoms with van der Waals surface area (Å²) >= 11 is 7.55. The molecule has 1 amide bonds. The molecule has 0 saturated carbocycles. The first kappa shape index (κ1) is 14.8. The van der Waals surface area contributed by atoms with Gasteiger partial charge in [0.25, 0.3) is 5.91 Å². The summed E-state index contributed by atoms with van der Waals surface area (Å²) in [4.78, 5) is 16.2. The number of aromatic nitrogens is 1. The molecule has 2 heterocycles. The molecule has 1 unspecified atom stereocenters. The number of hydrogen-bond acceptors (Lipinski definition) is 4. The van der Waals surface area contributed by atoms with Crippen LogP contribution >= 0.6 is 22.9 Å². The molecule has 0 aliphatic carbocycles. The molecule has 2 rings (SSSR count). The molecule has 4 nitrogen and oxygen atoms in total. The van der Waals surface area contributed by atoms with Crippen molar-refractivity contribution in [3.63, 3.8) is 0 Å². The third-order valence-electron chi connectivity index (χ3n) is 2.81. The Kier molecular flexibility index (Phi) is 4.98. The van der Waals surface area contributed by atoms with Gasteiger partial charge < -0.3 is 10.6 Å². The lowest BCUT2D eigenvalue weighted by molar-refractivity contribution is 0.0940. The molecule has 6 heteroatoms. The van der Waals surface area contributed by atoms with Crippen molar-refractivity contribution in [1.82, 2.24) is 10.3 Å². The number of halogens is 1. The van der Waals surface area contributed by atoms with Gasteiger partial charge in [0.05, 0.1) is 0 Å². The summed E-state index contributed by atoms with van der Waals surface area (Å²) in [5.74, 6) is 0.432. The van der Waals surface area contributed by atoms with Crippen molar-refractivity contribution in [3.8, 4) is 0 Å². The van der Waals surface area contributed by atoms with Crippen LogP contribution in [0.2, 0.25) is 5.15 Å². The van der Waals surface area contributed by atoms with Crippen molar-refractivity contribution < 1.29 is 4.79 Å². The number of carbonyl (C=O) groups is 1. The van der Waals surface area contributed by atoms with Crippen LogP contribution in [-0.4, -0.2) is 24.0 Å². The Balaban J connectivity index is 2.02. The number of rotatable bonds is 5. The monoisotopic (exact) mass is 309 g/mol. The Morgan fingerprint density at radius 2 is 2.30 bits per heavy atom. The number of anilines is 1. The topological polar surface area (TPSA) is 54.0 Å². The summed E-state index contributed by atoms with van der Waals surface area (Å²) in [6, 6.07) is 5.37. The Morgan fingerprint density at radius 1 is 1.50 bits per heavy atom. The van der Waals surface area contributed by atoms with E-state index < -0.39 is 0 Å². The molecule has 106 valence electrons. The maximum Gasteiger partial charge on any atom is 0.251 e. The fourth-order valence-corrected chi connectivity index (χ4v) is 2.77. The van der Waals surface area contributed by atoms with Crippen molar-refractivity contribution in [2.45, 2.75) is 19.4 Å². The van der Waals surface area contributed by atoms with E-state index in [1.54, 1.807) is 30.5 Å². The van der Waals surface area contributed by atoms with Gasteiger partial charge in [0, 0.05) is 18.7 Å². The predicted octanol–water partition coefficient (Wildman–Crippen LogP) is 3.20. The summed E-state index contributed by atoms with van der Waals surface area (Å²) in [5.41, 5.74) is 1.73. The fraction of sp³-hybridized carbons (Fsp3) is 0.286. The first-order valence-electron chi connectivity index (χ1n) is 6.25. The van der Waals surface area contributed by atoms with Crippen molar-refractivity contribution >= 4 is 34.7 Å². The molecule has 2 N–H and O–H groups in total. The maximum absolute atomic E-state index is 12.2. The van der Waals surface area contributed by atoms with Gasteiger partial charge in [-0.05, 0) is 47.9 Å². The standard InChI is InChI=1S/C14H16ClN3OS/c1-9(5-10-3-4-20-8-10)17-14(19)11-6-12(15)18-13(7-11)16-2/h3-4,6-9H,5H2,1-2H3,(H,16,18)(H,17,19). The van der Waals surface area contributed by atoms with Gasteiger partial charge in [0.1, 0.15) is 11.0 Å². The molecule has 0 radical (unpaired) electrons. The zero-order valence-electron chi connectivity index (χ0n) is 11.3. The molecule has 2 aromatic rings. The molecule has 0 bridgehead atoms. The van der Waals surface area contributed by atoms with Crippen LogP contribution in [-0.2, 0) is 6.42 Å². The van der Waals surface area contributed by atoms with Gasteiger partial charge in [-0.2, -0.15) is 11.3 Å². The molecule has 0 aliphatic rings. The SMILES string of the molecule is CNc1cc(C(=O)NC(C)Cc2ccsc2)cc(Cl)n1. The van der Waals surface area contributed by atoms with Gasteiger partial charge in [-0.15, -0.1) is 0 Å². The molecule has 2 aromatic heterocycles. The molecule has 0 aliphatic heterocycles. The summed E-state index contributed by atoms with van der Waals surface area (Å²) in [6.07, 6.45) is 0.812. The molecule has 0 spiro atoms. The highest BCUT2D eigenvalue weighted by Gasteiger charge is 2.12. The second kappa shape index (κ2) is 6.72. The van der Waals surface area contributed by atoms with E-state index >= 15 is 0 Å². The van der Waals surface area contributed by atoms with E-state index in [4.69, 9.17) is 11.6 Å². The minimum atomic E-state index is -0.145. The quantitative estimate of drug-likeness (QED) is 0.834. The average molecular weight is 310 g/mol. The molecule has 1 atom stereocenters. The predicted molar refractivity (Wildman–Crippen MR) is 83.7 cm³/mol. The van der Waals surface area contributed by atoms with E-state index in [1.165, 1.54) is 5.56 Å². The maximum atomic E-state index is 12.2. The number of thiophene rings is 1. The van der Waals surface area contributed by atoms with Crippen molar-refractivity contribution in [3.05, 3.63) is 45.2 Å². The molecule has 0 fully saturated rings. The Labute approximate surface area is 127 Å². The summed E-state index contributed by atoms with van der Waals surface area (Å²) in [6.45, 7) is 1.98. The molecular weight excluding hydrogens is 294 g/mol. The molecule has 20 heavy (non-hydrogen) atoms. The smallest absolute Gasteiger partial charge is 0.251 e. The van der Waals surface area contributed by atoms with Gasteiger partial charge in [-0.1, -0.05) is 11.6 Å². The zero-order chi connectivity index (χ0) is 14.5. The second-order valence-corrected chi connectivity index (χ2v) is 5.69. The third-order valence-corrected chi connectivity index (χ3v) is 3.74. The highest BCUT2D eigenvalue weighted by molar-refractivity contribution is 7.07. The van der Waals surface area contributed by atoms with Crippen molar-refractivity contribution in [2.24, 2.45) is 0 Å². The van der Waals surface area contributed by atoms with Crippen LogP contribution in [0.5, 0.6) is 0 Å². The fourth-order valence-electron chi connectivity index (χ4n) is 1.88. The van der Waals surface area contributed by atoms with Gasteiger partial charge in [-0.25, -0.2) is 4.98 Å². The number of carbonyl (C=O) groups excluding carboxylic acids is 1. The van der Waals surface area contributed by atoms with Crippen molar-refractivity contribution in [1.29, 1.82) is 0 Å². The average Bonchev–Trinajstić information content (AvgIpc) is 2.90. The molecule has 0 saturated heterocycles.